The Morgan fingerprint density at radius 2 is 2.21 bits per heavy atom. The summed E-state index contributed by atoms with van der Waals surface area (Å²) in [5.41, 5.74) is 5.51. The van der Waals surface area contributed by atoms with Crippen LogP contribution in [0.5, 0.6) is 0 Å². The Balaban J connectivity index is 3.08. The Kier molecular flexibility index (Phi) is 5.27. The molecule has 0 aliphatic rings. The topological polar surface area (TPSA) is 100 Å². The van der Waals surface area contributed by atoms with Crippen LogP contribution in [0, 0.1) is 17.2 Å². The van der Waals surface area contributed by atoms with Crippen LogP contribution in [0.3, 0.4) is 0 Å². The van der Waals surface area contributed by atoms with E-state index in [0.29, 0.717) is 6.54 Å². The number of nitrogen functional groups attached to an aromatic ring is 1. The number of aromatic nitrogens is 1. The molecule has 0 fully saturated rings. The second kappa shape index (κ2) is 6.50. The van der Waals surface area contributed by atoms with Crippen LogP contribution in [0.4, 0.5) is 5.82 Å². The summed E-state index contributed by atoms with van der Waals surface area (Å²) in [6, 6.07) is 4.70. The van der Waals surface area contributed by atoms with Gasteiger partial charge >= 0.3 is 0 Å². The summed E-state index contributed by atoms with van der Waals surface area (Å²) in [6.07, 6.45) is 1.52. The zero-order valence-electron chi connectivity index (χ0n) is 11.1. The molecule has 7 heteroatoms. The smallest absolute Gasteiger partial charge is 0.243 e. The number of rotatable bonds is 6. The van der Waals surface area contributed by atoms with Crippen molar-refractivity contribution < 1.29 is 8.42 Å². The number of anilines is 1. The molecular formula is C12H18N4O2S. The van der Waals surface area contributed by atoms with Gasteiger partial charge in [-0.25, -0.2) is 13.4 Å². The van der Waals surface area contributed by atoms with Gasteiger partial charge in [0, 0.05) is 31.8 Å². The number of nitrogens with two attached hydrogens (primary N) is 1. The van der Waals surface area contributed by atoms with E-state index < -0.39 is 10.0 Å². The van der Waals surface area contributed by atoms with Gasteiger partial charge in [-0.05, 0) is 12.0 Å². The van der Waals surface area contributed by atoms with Crippen LogP contribution in [0.15, 0.2) is 23.2 Å². The number of nitriles is 1. The maximum Gasteiger partial charge on any atom is 0.243 e. The summed E-state index contributed by atoms with van der Waals surface area (Å²) in [7, 11) is -3.63. The first-order valence-electron chi connectivity index (χ1n) is 5.96. The molecule has 6 nitrogen and oxygen atoms in total. The van der Waals surface area contributed by atoms with Crippen LogP contribution in [0.2, 0.25) is 0 Å². The van der Waals surface area contributed by atoms with Gasteiger partial charge in [-0.1, -0.05) is 13.8 Å². The number of nitrogens with zero attached hydrogens (tertiary/aromatic N) is 3. The first-order chi connectivity index (χ1) is 8.87. The van der Waals surface area contributed by atoms with E-state index in [0.717, 1.165) is 0 Å². The Morgan fingerprint density at radius 3 is 2.74 bits per heavy atom. The molecule has 0 saturated carbocycles. The Bertz CT molecular complexity index is 563. The molecule has 0 spiro atoms. The van der Waals surface area contributed by atoms with Gasteiger partial charge in [0.15, 0.2) is 0 Å². The molecule has 0 aliphatic heterocycles. The van der Waals surface area contributed by atoms with Crippen LogP contribution in [0.25, 0.3) is 0 Å². The molecule has 0 atom stereocenters. The highest BCUT2D eigenvalue weighted by atomic mass is 32.2. The fourth-order valence-corrected chi connectivity index (χ4v) is 3.26. The summed E-state index contributed by atoms with van der Waals surface area (Å²) in [4.78, 5) is 3.89. The third kappa shape index (κ3) is 4.19. The van der Waals surface area contributed by atoms with E-state index in [2.05, 4.69) is 4.98 Å². The van der Waals surface area contributed by atoms with E-state index in [9.17, 15) is 8.42 Å². The van der Waals surface area contributed by atoms with Gasteiger partial charge in [-0.2, -0.15) is 9.57 Å². The van der Waals surface area contributed by atoms with Crippen molar-refractivity contribution >= 4 is 15.8 Å². The standard InChI is InChI=1S/C12H18N4O2S/c1-10(2)9-16(7-3-5-13)19(17,18)11-4-6-15-12(14)8-11/h4,6,8,10H,3,7,9H2,1-2H3,(H2,14,15). The van der Waals surface area contributed by atoms with Gasteiger partial charge in [-0.3, -0.25) is 0 Å². The molecule has 1 aromatic heterocycles. The predicted molar refractivity (Wildman–Crippen MR) is 72.5 cm³/mol. The molecular weight excluding hydrogens is 264 g/mol. The Labute approximate surface area is 113 Å². The SMILES string of the molecule is CC(C)CN(CCC#N)S(=O)(=O)c1ccnc(N)c1. The molecule has 19 heavy (non-hydrogen) atoms. The molecule has 0 saturated heterocycles. The number of hydrogen-bond acceptors (Lipinski definition) is 5. The van der Waals surface area contributed by atoms with Crippen molar-refractivity contribution in [2.75, 3.05) is 18.8 Å². The Morgan fingerprint density at radius 1 is 1.53 bits per heavy atom. The number of hydrogen-bond donors (Lipinski definition) is 1. The second-order valence-corrected chi connectivity index (χ2v) is 6.52. The summed E-state index contributed by atoms with van der Waals surface area (Å²) < 4.78 is 26.2. The highest BCUT2D eigenvalue weighted by Crippen LogP contribution is 2.18. The third-order valence-corrected chi connectivity index (χ3v) is 4.29. The van der Waals surface area contributed by atoms with E-state index in [1.807, 2.05) is 19.9 Å². The number of sulfonamides is 1. The van der Waals surface area contributed by atoms with Crippen molar-refractivity contribution in [3.8, 4) is 6.07 Å². The summed E-state index contributed by atoms with van der Waals surface area (Å²) >= 11 is 0. The van der Waals surface area contributed by atoms with Crippen LogP contribution < -0.4 is 5.73 Å². The summed E-state index contributed by atoms with van der Waals surface area (Å²) in [5, 5.41) is 8.63. The third-order valence-electron chi connectivity index (χ3n) is 2.43. The lowest BCUT2D eigenvalue weighted by Crippen LogP contribution is -2.35. The van der Waals surface area contributed by atoms with E-state index in [-0.39, 0.29) is 29.6 Å². The fourth-order valence-electron chi connectivity index (χ4n) is 1.63. The zero-order chi connectivity index (χ0) is 14.5. The minimum atomic E-state index is -3.63. The van der Waals surface area contributed by atoms with Crippen LogP contribution >= 0.6 is 0 Å². The molecule has 104 valence electrons. The minimum absolute atomic E-state index is 0.110. The van der Waals surface area contributed by atoms with Crippen molar-refractivity contribution in [3.63, 3.8) is 0 Å². The highest BCUT2D eigenvalue weighted by Gasteiger charge is 2.25. The lowest BCUT2D eigenvalue weighted by Gasteiger charge is -2.23. The van der Waals surface area contributed by atoms with Gasteiger partial charge in [0.2, 0.25) is 10.0 Å². The highest BCUT2D eigenvalue weighted by molar-refractivity contribution is 7.89. The molecule has 1 aromatic rings. The van der Waals surface area contributed by atoms with Gasteiger partial charge < -0.3 is 5.73 Å². The predicted octanol–water partition coefficient (Wildman–Crippen LogP) is 1.22. The molecule has 0 aliphatic carbocycles. The van der Waals surface area contributed by atoms with E-state index in [1.54, 1.807) is 0 Å². The molecule has 0 unspecified atom stereocenters. The van der Waals surface area contributed by atoms with E-state index >= 15 is 0 Å². The van der Waals surface area contributed by atoms with Gasteiger partial charge in [-0.15, -0.1) is 0 Å². The molecule has 0 aromatic carbocycles. The quantitative estimate of drug-likeness (QED) is 0.845. The molecule has 0 radical (unpaired) electrons. The maximum absolute atomic E-state index is 12.5. The molecule has 1 heterocycles. The maximum atomic E-state index is 12.5. The first kappa shape index (κ1) is 15.4. The normalized spacial score (nSPS) is 11.7. The van der Waals surface area contributed by atoms with Crippen molar-refractivity contribution in [3.05, 3.63) is 18.3 Å². The summed E-state index contributed by atoms with van der Waals surface area (Å²) in [5.74, 6) is 0.332. The molecule has 1 rings (SSSR count). The summed E-state index contributed by atoms with van der Waals surface area (Å²) in [6.45, 7) is 4.40. The lowest BCUT2D eigenvalue weighted by molar-refractivity contribution is 0.373. The van der Waals surface area contributed by atoms with Crippen molar-refractivity contribution in [2.45, 2.75) is 25.2 Å². The monoisotopic (exact) mass is 282 g/mol. The number of pyridine rings is 1. The van der Waals surface area contributed by atoms with E-state index in [4.69, 9.17) is 11.0 Å². The van der Waals surface area contributed by atoms with Gasteiger partial charge in [0.25, 0.3) is 0 Å². The van der Waals surface area contributed by atoms with Gasteiger partial charge in [0.1, 0.15) is 5.82 Å². The average Bonchev–Trinajstić information content (AvgIpc) is 2.34. The Hall–Kier alpha value is -1.65. The van der Waals surface area contributed by atoms with Crippen molar-refractivity contribution in [2.24, 2.45) is 5.92 Å². The molecule has 0 amide bonds. The average molecular weight is 282 g/mol. The van der Waals surface area contributed by atoms with Crippen LogP contribution in [-0.4, -0.2) is 30.8 Å². The largest absolute Gasteiger partial charge is 0.384 e. The first-order valence-corrected chi connectivity index (χ1v) is 7.40. The minimum Gasteiger partial charge on any atom is -0.384 e. The molecule has 0 bridgehead atoms. The van der Waals surface area contributed by atoms with E-state index in [1.165, 1.54) is 22.6 Å². The molecule has 2 N–H and O–H groups in total. The zero-order valence-corrected chi connectivity index (χ0v) is 11.9. The lowest BCUT2D eigenvalue weighted by atomic mass is 10.2. The van der Waals surface area contributed by atoms with Crippen molar-refractivity contribution in [1.82, 2.24) is 9.29 Å². The fraction of sp³-hybridized carbons (Fsp3) is 0.500. The van der Waals surface area contributed by atoms with Crippen LogP contribution in [-0.2, 0) is 10.0 Å². The van der Waals surface area contributed by atoms with Crippen molar-refractivity contribution in [1.29, 1.82) is 5.26 Å². The second-order valence-electron chi connectivity index (χ2n) is 4.58. The van der Waals surface area contributed by atoms with Gasteiger partial charge in [0.05, 0.1) is 11.0 Å². The van der Waals surface area contributed by atoms with Crippen LogP contribution in [0.1, 0.15) is 20.3 Å².